The summed E-state index contributed by atoms with van der Waals surface area (Å²) in [4.78, 5) is 24.9. The molecular weight excluding hydrogens is 292 g/mol. The van der Waals surface area contributed by atoms with Crippen LogP contribution in [0.4, 0.5) is 0 Å². The highest BCUT2D eigenvalue weighted by atomic mass is 16.2. The van der Waals surface area contributed by atoms with Gasteiger partial charge in [0.15, 0.2) is 0 Å². The van der Waals surface area contributed by atoms with Gasteiger partial charge in [0.2, 0.25) is 5.91 Å². The first-order chi connectivity index (χ1) is 11.1. The van der Waals surface area contributed by atoms with E-state index < -0.39 is 0 Å². The van der Waals surface area contributed by atoms with Crippen LogP contribution in [0.25, 0.3) is 0 Å². The standard InChI is InChI=1S/C17H18N4O2/c1-20(2)17(23)15-8-6-14(7-9-15)5-3-10-18-16(22)13-21-12-4-11-19-21/h4,6-9,11-12H,10,13H2,1-2H3,(H,18,22). The van der Waals surface area contributed by atoms with E-state index in [1.807, 2.05) is 0 Å². The van der Waals surface area contributed by atoms with E-state index in [0.29, 0.717) is 5.56 Å². The Morgan fingerprint density at radius 1 is 1.26 bits per heavy atom. The van der Waals surface area contributed by atoms with Gasteiger partial charge in [-0.05, 0) is 30.3 Å². The van der Waals surface area contributed by atoms with E-state index in [2.05, 4.69) is 22.3 Å². The average molecular weight is 310 g/mol. The van der Waals surface area contributed by atoms with Crippen LogP contribution < -0.4 is 5.32 Å². The van der Waals surface area contributed by atoms with Crippen LogP contribution in [0.15, 0.2) is 42.7 Å². The number of carbonyl (C=O) groups is 2. The van der Waals surface area contributed by atoms with Gasteiger partial charge in [-0.1, -0.05) is 11.8 Å². The number of amides is 2. The Kier molecular flexibility index (Phi) is 5.53. The van der Waals surface area contributed by atoms with E-state index in [1.165, 1.54) is 4.90 Å². The molecule has 1 aromatic carbocycles. The smallest absolute Gasteiger partial charge is 0.253 e. The summed E-state index contributed by atoms with van der Waals surface area (Å²) in [6, 6.07) is 8.81. The molecule has 0 saturated carbocycles. The lowest BCUT2D eigenvalue weighted by Gasteiger charge is -2.09. The third-order valence-electron chi connectivity index (χ3n) is 3.01. The van der Waals surface area contributed by atoms with Crippen molar-refractivity contribution >= 4 is 11.8 Å². The molecule has 0 unspecified atom stereocenters. The Morgan fingerprint density at radius 3 is 2.61 bits per heavy atom. The average Bonchev–Trinajstić information content (AvgIpc) is 3.04. The number of rotatable bonds is 4. The van der Waals surface area contributed by atoms with Crippen LogP contribution in [0.1, 0.15) is 15.9 Å². The summed E-state index contributed by atoms with van der Waals surface area (Å²) in [7, 11) is 3.42. The molecule has 0 aliphatic carbocycles. The van der Waals surface area contributed by atoms with Crippen molar-refractivity contribution < 1.29 is 9.59 Å². The maximum absolute atomic E-state index is 11.8. The maximum Gasteiger partial charge on any atom is 0.253 e. The number of hydrogen-bond donors (Lipinski definition) is 1. The zero-order chi connectivity index (χ0) is 16.7. The van der Waals surface area contributed by atoms with Crippen LogP contribution in [0.5, 0.6) is 0 Å². The Balaban J connectivity index is 1.82. The van der Waals surface area contributed by atoms with Crippen LogP contribution in [0, 0.1) is 11.8 Å². The van der Waals surface area contributed by atoms with Gasteiger partial charge in [-0.25, -0.2) is 0 Å². The van der Waals surface area contributed by atoms with Crippen LogP contribution in [-0.4, -0.2) is 47.1 Å². The number of nitrogens with zero attached hydrogens (tertiary/aromatic N) is 3. The van der Waals surface area contributed by atoms with Gasteiger partial charge in [0.25, 0.3) is 5.91 Å². The monoisotopic (exact) mass is 310 g/mol. The van der Waals surface area contributed by atoms with Crippen LogP contribution in [0.3, 0.4) is 0 Å². The molecule has 0 atom stereocenters. The number of hydrogen-bond acceptors (Lipinski definition) is 3. The fourth-order valence-electron chi connectivity index (χ4n) is 1.84. The van der Waals surface area contributed by atoms with Crippen molar-refractivity contribution in [3.05, 3.63) is 53.9 Å². The molecule has 2 amide bonds. The molecule has 0 aliphatic rings. The van der Waals surface area contributed by atoms with Crippen molar-refractivity contribution in [2.45, 2.75) is 6.54 Å². The predicted octanol–water partition coefficient (Wildman–Crippen LogP) is 0.753. The minimum absolute atomic E-state index is 0.0459. The quantitative estimate of drug-likeness (QED) is 0.848. The first-order valence-corrected chi connectivity index (χ1v) is 7.11. The van der Waals surface area contributed by atoms with Crippen molar-refractivity contribution in [2.24, 2.45) is 0 Å². The van der Waals surface area contributed by atoms with E-state index in [1.54, 1.807) is 61.5 Å². The van der Waals surface area contributed by atoms with Gasteiger partial charge in [-0.15, -0.1) is 0 Å². The molecule has 1 aromatic heterocycles. The number of benzene rings is 1. The summed E-state index contributed by atoms with van der Waals surface area (Å²) in [5, 5.41) is 6.66. The fraction of sp³-hybridized carbons (Fsp3) is 0.235. The molecule has 6 nitrogen and oxygen atoms in total. The van der Waals surface area contributed by atoms with Crippen LogP contribution >= 0.6 is 0 Å². The second-order valence-corrected chi connectivity index (χ2v) is 5.06. The van der Waals surface area contributed by atoms with E-state index in [4.69, 9.17) is 0 Å². The van der Waals surface area contributed by atoms with Gasteiger partial charge >= 0.3 is 0 Å². The molecule has 0 radical (unpaired) electrons. The summed E-state index contributed by atoms with van der Waals surface area (Å²) in [5.74, 6) is 5.63. The first kappa shape index (κ1) is 16.3. The summed E-state index contributed by atoms with van der Waals surface area (Å²) in [6.45, 7) is 0.439. The first-order valence-electron chi connectivity index (χ1n) is 7.11. The van der Waals surface area contributed by atoms with Crippen molar-refractivity contribution in [1.29, 1.82) is 0 Å². The molecule has 23 heavy (non-hydrogen) atoms. The van der Waals surface area contributed by atoms with Crippen molar-refractivity contribution in [3.63, 3.8) is 0 Å². The lowest BCUT2D eigenvalue weighted by atomic mass is 10.1. The zero-order valence-electron chi connectivity index (χ0n) is 13.1. The second-order valence-electron chi connectivity index (χ2n) is 5.06. The summed E-state index contributed by atoms with van der Waals surface area (Å²) < 4.78 is 1.54. The van der Waals surface area contributed by atoms with Gasteiger partial charge in [0.1, 0.15) is 6.54 Å². The largest absolute Gasteiger partial charge is 0.345 e. The molecule has 0 spiro atoms. The fourth-order valence-corrected chi connectivity index (χ4v) is 1.84. The van der Waals surface area contributed by atoms with Crippen LogP contribution in [0.2, 0.25) is 0 Å². The van der Waals surface area contributed by atoms with E-state index in [-0.39, 0.29) is 24.9 Å². The zero-order valence-corrected chi connectivity index (χ0v) is 13.1. The normalized spacial score (nSPS) is 9.65. The van der Waals surface area contributed by atoms with Crippen molar-refractivity contribution in [3.8, 4) is 11.8 Å². The number of nitrogens with one attached hydrogen (secondary N) is 1. The van der Waals surface area contributed by atoms with Gasteiger partial charge < -0.3 is 10.2 Å². The molecule has 1 N–H and O–H groups in total. The third kappa shape index (κ3) is 5.00. The topological polar surface area (TPSA) is 67.2 Å². The summed E-state index contributed by atoms with van der Waals surface area (Å²) in [6.07, 6.45) is 3.35. The molecule has 0 fully saturated rings. The Labute approximate surface area is 135 Å². The van der Waals surface area contributed by atoms with Gasteiger partial charge in [0.05, 0.1) is 6.54 Å². The Hall–Kier alpha value is -3.07. The molecule has 1 heterocycles. The molecule has 0 aliphatic heterocycles. The molecule has 6 heteroatoms. The van der Waals surface area contributed by atoms with E-state index >= 15 is 0 Å². The molecule has 0 saturated heterocycles. The van der Waals surface area contributed by atoms with E-state index in [0.717, 1.165) is 5.56 Å². The predicted molar refractivity (Wildman–Crippen MR) is 86.6 cm³/mol. The molecule has 0 bridgehead atoms. The SMILES string of the molecule is CN(C)C(=O)c1ccc(C#CCNC(=O)Cn2cccn2)cc1. The van der Waals surface area contributed by atoms with Gasteiger partial charge in [0, 0.05) is 37.6 Å². The number of aromatic nitrogens is 2. The van der Waals surface area contributed by atoms with E-state index in [9.17, 15) is 9.59 Å². The van der Waals surface area contributed by atoms with Crippen molar-refractivity contribution in [1.82, 2.24) is 20.0 Å². The highest BCUT2D eigenvalue weighted by molar-refractivity contribution is 5.93. The lowest BCUT2D eigenvalue weighted by Crippen LogP contribution is -2.27. The highest BCUT2D eigenvalue weighted by Crippen LogP contribution is 2.05. The molecule has 2 aromatic rings. The Bertz CT molecular complexity index is 722. The van der Waals surface area contributed by atoms with Gasteiger partial charge in [-0.3, -0.25) is 14.3 Å². The molecule has 2 rings (SSSR count). The van der Waals surface area contributed by atoms with Gasteiger partial charge in [-0.2, -0.15) is 5.10 Å². The third-order valence-corrected chi connectivity index (χ3v) is 3.01. The van der Waals surface area contributed by atoms with Crippen LogP contribution in [-0.2, 0) is 11.3 Å². The second kappa shape index (κ2) is 7.80. The lowest BCUT2D eigenvalue weighted by molar-refractivity contribution is -0.121. The maximum atomic E-state index is 11.8. The summed E-state index contributed by atoms with van der Waals surface area (Å²) >= 11 is 0. The number of carbonyl (C=O) groups excluding carboxylic acids is 2. The molecule has 118 valence electrons. The Morgan fingerprint density at radius 2 is 2.00 bits per heavy atom. The highest BCUT2D eigenvalue weighted by Gasteiger charge is 2.06. The molecular formula is C17H18N4O2. The van der Waals surface area contributed by atoms with Crippen molar-refractivity contribution in [2.75, 3.05) is 20.6 Å². The summed E-state index contributed by atoms with van der Waals surface area (Å²) in [5.41, 5.74) is 1.41. The minimum Gasteiger partial charge on any atom is -0.345 e. The minimum atomic E-state index is -0.144.